The van der Waals surface area contributed by atoms with Gasteiger partial charge < -0.3 is 5.11 Å². The van der Waals surface area contributed by atoms with Crippen LogP contribution in [0.3, 0.4) is 0 Å². The van der Waals surface area contributed by atoms with E-state index in [1.807, 2.05) is 6.07 Å². The molecule has 0 amide bonds. The van der Waals surface area contributed by atoms with Gasteiger partial charge in [-0.1, -0.05) is 30.7 Å². The van der Waals surface area contributed by atoms with Gasteiger partial charge in [0.25, 0.3) is 0 Å². The summed E-state index contributed by atoms with van der Waals surface area (Å²) in [5, 5.41) is 8.68. The Balaban J connectivity index is 2.07. The molecule has 0 spiro atoms. The summed E-state index contributed by atoms with van der Waals surface area (Å²) < 4.78 is 13.5. The fourth-order valence-corrected chi connectivity index (χ4v) is 2.45. The zero-order chi connectivity index (χ0) is 13.5. The molecule has 0 aliphatic carbocycles. The van der Waals surface area contributed by atoms with Crippen LogP contribution in [0, 0.1) is 17.7 Å². The average molecular weight is 261 g/mol. The first kappa shape index (κ1) is 14.0. The summed E-state index contributed by atoms with van der Waals surface area (Å²) in [6.45, 7) is 2.86. The molecule has 1 aromatic rings. The monoisotopic (exact) mass is 261 g/mol. The number of benzene rings is 1. The molecule has 2 rings (SSSR count). The predicted molar refractivity (Wildman–Crippen MR) is 74.1 cm³/mol. The molecule has 0 radical (unpaired) electrons. The number of halogens is 1. The van der Waals surface area contributed by atoms with Crippen molar-refractivity contribution in [1.82, 2.24) is 4.90 Å². The minimum Gasteiger partial charge on any atom is -0.384 e. The van der Waals surface area contributed by atoms with Crippen LogP contribution in [0.4, 0.5) is 4.39 Å². The molecule has 1 fully saturated rings. The lowest BCUT2D eigenvalue weighted by Crippen LogP contribution is -2.24. The van der Waals surface area contributed by atoms with Crippen molar-refractivity contribution in [1.29, 1.82) is 0 Å². The van der Waals surface area contributed by atoms with Crippen LogP contribution in [-0.2, 0) is 6.54 Å². The molecule has 2 nitrogen and oxygen atoms in total. The molecule has 0 atom stereocenters. The molecular formula is C16H20FNO. The second-order valence-corrected chi connectivity index (χ2v) is 4.96. The maximum absolute atomic E-state index is 13.5. The first-order chi connectivity index (χ1) is 9.29. The average Bonchev–Trinajstić information content (AvgIpc) is 2.68. The lowest BCUT2D eigenvalue weighted by molar-refractivity contribution is 0.277. The van der Waals surface area contributed by atoms with Gasteiger partial charge in [0.15, 0.2) is 0 Å². The zero-order valence-corrected chi connectivity index (χ0v) is 11.2. The van der Waals surface area contributed by atoms with Crippen LogP contribution in [0.2, 0.25) is 0 Å². The van der Waals surface area contributed by atoms with Crippen LogP contribution in [-0.4, -0.2) is 29.7 Å². The SMILES string of the molecule is OCC#Cc1cc(CN2CCCCCC2)ccc1F. The summed E-state index contributed by atoms with van der Waals surface area (Å²) in [7, 11) is 0. The standard InChI is InChI=1S/C16H20FNO/c17-16-8-7-14(12-15(16)6-5-11-19)13-18-9-3-1-2-4-10-18/h7-8,12,19H,1-4,9-11,13H2. The van der Waals surface area contributed by atoms with Crippen molar-refractivity contribution in [3.8, 4) is 11.8 Å². The van der Waals surface area contributed by atoms with Crippen LogP contribution >= 0.6 is 0 Å². The quantitative estimate of drug-likeness (QED) is 0.827. The highest BCUT2D eigenvalue weighted by molar-refractivity contribution is 5.38. The number of likely N-dealkylation sites (tertiary alicyclic amines) is 1. The van der Waals surface area contributed by atoms with Crippen molar-refractivity contribution < 1.29 is 9.50 Å². The van der Waals surface area contributed by atoms with Crippen LogP contribution in [0.1, 0.15) is 36.8 Å². The van der Waals surface area contributed by atoms with E-state index in [-0.39, 0.29) is 12.4 Å². The molecule has 1 aromatic carbocycles. The predicted octanol–water partition coefficient (Wildman–Crippen LogP) is 2.55. The number of aliphatic hydroxyl groups excluding tert-OH is 1. The third-order valence-electron chi connectivity index (χ3n) is 3.44. The molecule has 3 heteroatoms. The molecule has 0 bridgehead atoms. The molecule has 1 N–H and O–H groups in total. The van der Waals surface area contributed by atoms with E-state index in [0.717, 1.165) is 25.2 Å². The van der Waals surface area contributed by atoms with Gasteiger partial charge in [0.05, 0.1) is 5.56 Å². The lowest BCUT2D eigenvalue weighted by atomic mass is 10.1. The Labute approximate surface area is 114 Å². The van der Waals surface area contributed by atoms with Crippen molar-refractivity contribution in [2.75, 3.05) is 19.7 Å². The smallest absolute Gasteiger partial charge is 0.138 e. The Hall–Kier alpha value is -1.37. The van der Waals surface area contributed by atoms with Crippen molar-refractivity contribution in [2.24, 2.45) is 0 Å². The summed E-state index contributed by atoms with van der Waals surface area (Å²) in [5.74, 6) is 4.84. The van der Waals surface area contributed by atoms with Crippen molar-refractivity contribution >= 4 is 0 Å². The highest BCUT2D eigenvalue weighted by Crippen LogP contribution is 2.15. The summed E-state index contributed by atoms with van der Waals surface area (Å²) in [4.78, 5) is 2.42. The molecule has 102 valence electrons. The van der Waals surface area contributed by atoms with Gasteiger partial charge in [0, 0.05) is 6.54 Å². The maximum Gasteiger partial charge on any atom is 0.138 e. The molecule has 0 saturated carbocycles. The highest BCUT2D eigenvalue weighted by Gasteiger charge is 2.10. The van der Waals surface area contributed by atoms with E-state index in [1.54, 1.807) is 6.07 Å². The summed E-state index contributed by atoms with van der Waals surface area (Å²) in [6, 6.07) is 5.09. The van der Waals surface area contributed by atoms with Gasteiger partial charge in [0.1, 0.15) is 12.4 Å². The molecule has 1 saturated heterocycles. The number of nitrogens with zero attached hydrogens (tertiary/aromatic N) is 1. The minimum atomic E-state index is -0.319. The molecule has 1 aliphatic rings. The van der Waals surface area contributed by atoms with E-state index < -0.39 is 0 Å². The number of hydrogen-bond acceptors (Lipinski definition) is 2. The van der Waals surface area contributed by atoms with Gasteiger partial charge in [-0.2, -0.15) is 0 Å². The summed E-state index contributed by atoms with van der Waals surface area (Å²) in [6.07, 6.45) is 5.12. The van der Waals surface area contributed by atoms with Crippen LogP contribution in [0.5, 0.6) is 0 Å². The van der Waals surface area contributed by atoms with Crippen molar-refractivity contribution in [3.05, 3.63) is 35.1 Å². The minimum absolute atomic E-state index is 0.240. The Kier molecular flexibility index (Phi) is 5.38. The van der Waals surface area contributed by atoms with Crippen LogP contribution < -0.4 is 0 Å². The van der Waals surface area contributed by atoms with Crippen LogP contribution in [0.25, 0.3) is 0 Å². The second kappa shape index (κ2) is 7.28. The van der Waals surface area contributed by atoms with E-state index in [9.17, 15) is 4.39 Å². The summed E-state index contributed by atoms with van der Waals surface area (Å²) >= 11 is 0. The van der Waals surface area contributed by atoms with E-state index in [0.29, 0.717) is 5.56 Å². The number of aliphatic hydroxyl groups is 1. The van der Waals surface area contributed by atoms with E-state index in [2.05, 4.69) is 16.7 Å². The van der Waals surface area contributed by atoms with E-state index in [4.69, 9.17) is 5.11 Å². The summed E-state index contributed by atoms with van der Waals surface area (Å²) in [5.41, 5.74) is 1.46. The Morgan fingerprint density at radius 3 is 2.58 bits per heavy atom. The molecule has 1 aliphatic heterocycles. The highest BCUT2D eigenvalue weighted by atomic mass is 19.1. The van der Waals surface area contributed by atoms with Gasteiger partial charge in [0.2, 0.25) is 0 Å². The van der Waals surface area contributed by atoms with Gasteiger partial charge >= 0.3 is 0 Å². The third kappa shape index (κ3) is 4.34. The Bertz CT molecular complexity index is 467. The van der Waals surface area contributed by atoms with Crippen molar-refractivity contribution in [3.63, 3.8) is 0 Å². The molecule has 0 unspecified atom stereocenters. The van der Waals surface area contributed by atoms with Gasteiger partial charge in [-0.05, 0) is 43.6 Å². The number of hydrogen-bond donors (Lipinski definition) is 1. The molecule has 0 aromatic heterocycles. The molecular weight excluding hydrogens is 241 g/mol. The largest absolute Gasteiger partial charge is 0.384 e. The normalized spacial score (nSPS) is 16.5. The van der Waals surface area contributed by atoms with Gasteiger partial charge in [-0.25, -0.2) is 4.39 Å². The number of rotatable bonds is 2. The third-order valence-corrected chi connectivity index (χ3v) is 3.44. The fourth-order valence-electron chi connectivity index (χ4n) is 2.45. The maximum atomic E-state index is 13.5. The Morgan fingerprint density at radius 2 is 1.89 bits per heavy atom. The topological polar surface area (TPSA) is 23.5 Å². The lowest BCUT2D eigenvalue weighted by Gasteiger charge is -2.19. The van der Waals surface area contributed by atoms with Gasteiger partial charge in [-0.15, -0.1) is 0 Å². The van der Waals surface area contributed by atoms with E-state index >= 15 is 0 Å². The van der Waals surface area contributed by atoms with Gasteiger partial charge in [-0.3, -0.25) is 4.90 Å². The molecule has 1 heterocycles. The Morgan fingerprint density at radius 1 is 1.16 bits per heavy atom. The van der Waals surface area contributed by atoms with E-state index in [1.165, 1.54) is 31.7 Å². The van der Waals surface area contributed by atoms with Crippen molar-refractivity contribution in [2.45, 2.75) is 32.2 Å². The zero-order valence-electron chi connectivity index (χ0n) is 11.2. The van der Waals surface area contributed by atoms with Crippen LogP contribution in [0.15, 0.2) is 18.2 Å². The molecule has 19 heavy (non-hydrogen) atoms. The first-order valence-corrected chi connectivity index (χ1v) is 6.90. The fraction of sp³-hybridized carbons (Fsp3) is 0.500. The second-order valence-electron chi connectivity index (χ2n) is 4.96. The first-order valence-electron chi connectivity index (χ1n) is 6.90.